The Morgan fingerprint density at radius 1 is 1.45 bits per heavy atom. The lowest BCUT2D eigenvalue weighted by atomic mass is 10.0. The molecular weight excluding hydrogens is 296 g/mol. The molecule has 1 atom stereocenters. The van der Waals surface area contributed by atoms with Crippen LogP contribution >= 0.6 is 11.3 Å². The number of hydrogen-bond acceptors (Lipinski definition) is 4. The predicted molar refractivity (Wildman–Crippen MR) is 89.3 cm³/mol. The second-order valence-electron chi connectivity index (χ2n) is 5.35. The molecule has 22 heavy (non-hydrogen) atoms. The van der Waals surface area contributed by atoms with Crippen LogP contribution < -0.4 is 5.32 Å². The van der Waals surface area contributed by atoms with Crippen molar-refractivity contribution in [2.45, 2.75) is 26.7 Å². The maximum atomic E-state index is 12.2. The van der Waals surface area contributed by atoms with Gasteiger partial charge in [0.1, 0.15) is 0 Å². The molecule has 0 saturated carbocycles. The topological polar surface area (TPSA) is 62.2 Å². The second kappa shape index (κ2) is 8.06. The summed E-state index contributed by atoms with van der Waals surface area (Å²) < 4.78 is 0. The van der Waals surface area contributed by atoms with Gasteiger partial charge in [0.25, 0.3) is 5.91 Å². The molecule has 0 bridgehead atoms. The van der Waals surface area contributed by atoms with Crippen molar-refractivity contribution >= 4 is 17.2 Å². The van der Waals surface area contributed by atoms with Crippen molar-refractivity contribution in [2.75, 3.05) is 13.2 Å². The third-order valence-corrected chi connectivity index (χ3v) is 4.98. The molecule has 0 fully saturated rings. The number of aryl methyl sites for hydroxylation is 2. The zero-order chi connectivity index (χ0) is 15.9. The van der Waals surface area contributed by atoms with Crippen molar-refractivity contribution < 1.29 is 9.90 Å². The van der Waals surface area contributed by atoms with Crippen LogP contribution in [0.25, 0.3) is 0 Å². The largest absolute Gasteiger partial charge is 0.396 e. The van der Waals surface area contributed by atoms with Gasteiger partial charge in [0.2, 0.25) is 0 Å². The normalized spacial score (nSPS) is 12.1. The number of carbonyl (C=O) groups excluding carboxylic acids is 1. The number of rotatable bonds is 7. The monoisotopic (exact) mass is 318 g/mol. The van der Waals surface area contributed by atoms with Crippen molar-refractivity contribution in [1.82, 2.24) is 10.3 Å². The summed E-state index contributed by atoms with van der Waals surface area (Å²) in [6.45, 7) is 4.60. The first-order chi connectivity index (χ1) is 10.6. The lowest BCUT2D eigenvalue weighted by Gasteiger charge is -2.14. The molecule has 0 radical (unpaired) electrons. The van der Waals surface area contributed by atoms with Crippen molar-refractivity contribution in [2.24, 2.45) is 5.92 Å². The van der Waals surface area contributed by atoms with Crippen LogP contribution in [0.1, 0.15) is 32.7 Å². The van der Waals surface area contributed by atoms with Crippen molar-refractivity contribution in [3.8, 4) is 0 Å². The zero-order valence-electron chi connectivity index (χ0n) is 13.0. The number of carbonyl (C=O) groups is 1. The Kier molecular flexibility index (Phi) is 6.10. The average molecular weight is 318 g/mol. The Morgan fingerprint density at radius 2 is 2.27 bits per heavy atom. The molecule has 0 aromatic carbocycles. The number of nitrogens with zero attached hydrogens (tertiary/aromatic N) is 1. The van der Waals surface area contributed by atoms with E-state index in [4.69, 9.17) is 0 Å². The van der Waals surface area contributed by atoms with Crippen LogP contribution in [-0.2, 0) is 12.8 Å². The average Bonchev–Trinajstić information content (AvgIpc) is 2.93. The van der Waals surface area contributed by atoms with Crippen LogP contribution in [-0.4, -0.2) is 29.1 Å². The van der Waals surface area contributed by atoms with Gasteiger partial charge >= 0.3 is 0 Å². The lowest BCUT2D eigenvalue weighted by Crippen LogP contribution is -2.31. The molecular formula is C17H22N2O2S. The molecule has 2 rings (SSSR count). The molecule has 0 aliphatic carbocycles. The minimum Gasteiger partial charge on any atom is -0.396 e. The second-order valence-corrected chi connectivity index (χ2v) is 6.49. The Morgan fingerprint density at radius 3 is 2.86 bits per heavy atom. The quantitative estimate of drug-likeness (QED) is 0.825. The smallest absolute Gasteiger partial charge is 0.261 e. The first kappa shape index (κ1) is 16.6. The maximum absolute atomic E-state index is 12.2. The third-order valence-electron chi connectivity index (χ3n) is 3.60. The maximum Gasteiger partial charge on any atom is 0.261 e. The SMILES string of the molecule is CCc1sc(C(=O)NCC(CO)Cc2ccccn2)cc1C. The number of pyridine rings is 1. The number of nitrogens with one attached hydrogen (secondary N) is 1. The molecule has 0 saturated heterocycles. The zero-order valence-corrected chi connectivity index (χ0v) is 13.8. The number of amides is 1. The Balaban J connectivity index is 1.90. The van der Waals surface area contributed by atoms with Gasteiger partial charge in [-0.05, 0) is 43.5 Å². The molecule has 5 heteroatoms. The highest BCUT2D eigenvalue weighted by Gasteiger charge is 2.14. The van der Waals surface area contributed by atoms with E-state index in [1.165, 1.54) is 10.4 Å². The highest BCUT2D eigenvalue weighted by molar-refractivity contribution is 7.14. The molecule has 118 valence electrons. The van der Waals surface area contributed by atoms with Crippen LogP contribution in [0.2, 0.25) is 0 Å². The molecule has 2 N–H and O–H groups in total. The predicted octanol–water partition coefficient (Wildman–Crippen LogP) is 2.59. The summed E-state index contributed by atoms with van der Waals surface area (Å²) in [7, 11) is 0. The fourth-order valence-corrected chi connectivity index (χ4v) is 3.35. The summed E-state index contributed by atoms with van der Waals surface area (Å²) in [5.74, 6) is -0.0853. The van der Waals surface area contributed by atoms with E-state index in [1.807, 2.05) is 31.2 Å². The first-order valence-corrected chi connectivity index (χ1v) is 8.34. The molecule has 2 heterocycles. The number of hydrogen-bond donors (Lipinski definition) is 2. The standard InChI is InChI=1S/C17H22N2O2S/c1-3-15-12(2)8-16(22-15)17(21)19-10-13(11-20)9-14-6-4-5-7-18-14/h4-8,13,20H,3,9-11H2,1-2H3,(H,19,21). The van der Waals surface area contributed by atoms with Gasteiger partial charge in [-0.1, -0.05) is 13.0 Å². The van der Waals surface area contributed by atoms with Gasteiger partial charge in [0.05, 0.1) is 4.88 Å². The van der Waals surface area contributed by atoms with E-state index in [1.54, 1.807) is 17.5 Å². The summed E-state index contributed by atoms with van der Waals surface area (Å²) in [4.78, 5) is 18.4. The van der Waals surface area contributed by atoms with Crippen LogP contribution in [0.5, 0.6) is 0 Å². The molecule has 0 aliphatic heterocycles. The van der Waals surface area contributed by atoms with Gasteiger partial charge in [-0.15, -0.1) is 11.3 Å². The van der Waals surface area contributed by atoms with E-state index < -0.39 is 0 Å². The third kappa shape index (κ3) is 4.39. The van der Waals surface area contributed by atoms with Crippen LogP contribution in [0.15, 0.2) is 30.5 Å². The summed E-state index contributed by atoms with van der Waals surface area (Å²) in [5, 5.41) is 12.4. The Hall–Kier alpha value is -1.72. The minimum absolute atomic E-state index is 0.0226. The van der Waals surface area contributed by atoms with E-state index >= 15 is 0 Å². The van der Waals surface area contributed by atoms with Gasteiger partial charge in [-0.3, -0.25) is 9.78 Å². The van der Waals surface area contributed by atoms with E-state index in [0.29, 0.717) is 13.0 Å². The van der Waals surface area contributed by atoms with Crippen molar-refractivity contribution in [3.63, 3.8) is 0 Å². The summed E-state index contributed by atoms with van der Waals surface area (Å²) in [6.07, 6.45) is 3.34. The molecule has 1 amide bonds. The number of aromatic nitrogens is 1. The van der Waals surface area contributed by atoms with Crippen LogP contribution in [0.3, 0.4) is 0 Å². The summed E-state index contributed by atoms with van der Waals surface area (Å²) >= 11 is 1.54. The molecule has 2 aromatic heterocycles. The van der Waals surface area contributed by atoms with Gasteiger partial charge < -0.3 is 10.4 Å². The minimum atomic E-state index is -0.0627. The van der Waals surface area contributed by atoms with Crippen molar-refractivity contribution in [1.29, 1.82) is 0 Å². The van der Waals surface area contributed by atoms with Gasteiger partial charge in [0.15, 0.2) is 0 Å². The molecule has 0 aliphatic rings. The number of aliphatic hydroxyl groups excluding tert-OH is 1. The van der Waals surface area contributed by atoms with E-state index in [2.05, 4.69) is 17.2 Å². The van der Waals surface area contributed by atoms with Crippen molar-refractivity contribution in [3.05, 3.63) is 51.5 Å². The van der Waals surface area contributed by atoms with Gasteiger partial charge in [-0.25, -0.2) is 0 Å². The molecule has 1 unspecified atom stereocenters. The van der Waals surface area contributed by atoms with E-state index in [-0.39, 0.29) is 18.4 Å². The molecule has 4 nitrogen and oxygen atoms in total. The van der Waals surface area contributed by atoms with Gasteiger partial charge in [0, 0.05) is 35.8 Å². The first-order valence-electron chi connectivity index (χ1n) is 7.52. The highest BCUT2D eigenvalue weighted by Crippen LogP contribution is 2.22. The summed E-state index contributed by atoms with van der Waals surface area (Å²) in [5.41, 5.74) is 2.10. The number of aliphatic hydroxyl groups is 1. The lowest BCUT2D eigenvalue weighted by molar-refractivity contribution is 0.0944. The Labute approximate surface area is 135 Å². The van der Waals surface area contributed by atoms with Crippen LogP contribution in [0, 0.1) is 12.8 Å². The molecule has 0 spiro atoms. The summed E-state index contributed by atoms with van der Waals surface area (Å²) in [6, 6.07) is 7.66. The van der Waals surface area contributed by atoms with E-state index in [9.17, 15) is 9.90 Å². The fraction of sp³-hybridized carbons (Fsp3) is 0.412. The molecule has 2 aromatic rings. The fourth-order valence-electron chi connectivity index (χ4n) is 2.32. The number of thiophene rings is 1. The van der Waals surface area contributed by atoms with Crippen LogP contribution in [0.4, 0.5) is 0 Å². The van der Waals surface area contributed by atoms with E-state index in [0.717, 1.165) is 17.0 Å². The highest BCUT2D eigenvalue weighted by atomic mass is 32.1. The van der Waals surface area contributed by atoms with Gasteiger partial charge in [-0.2, -0.15) is 0 Å². The Bertz CT molecular complexity index is 610.